The fourth-order valence-electron chi connectivity index (χ4n) is 5.47. The van der Waals surface area contributed by atoms with Crippen LogP contribution in [0.4, 0.5) is 0 Å². The Morgan fingerprint density at radius 1 is 0.872 bits per heavy atom. The maximum Gasteiger partial charge on any atom is 0.336 e. The molecule has 208 valence electrons. The first-order valence-corrected chi connectivity index (χ1v) is 12.7. The minimum Gasteiger partial charge on any atom is -0.493 e. The lowest BCUT2D eigenvalue weighted by atomic mass is 9.71. The highest BCUT2D eigenvalue weighted by molar-refractivity contribution is 6.04. The average molecular weight is 538 g/mol. The third-order valence-electron chi connectivity index (χ3n) is 7.21. The fourth-order valence-corrected chi connectivity index (χ4v) is 5.47. The standard InChI is InChI=1S/C30H35NO8/c1-8-39-22-10-9-17(13-23(22)34-3)18-11-20-28(21(32)12-18)27(26(16(2)31-20)30(33)38-7)19-14-24(35-4)29(37-6)25(15-19)36-5/h9-10,13-15,18,27,31H,8,11-12H2,1-7H3/t18-,27-/m0/s1. The van der Waals surface area contributed by atoms with Crippen LogP contribution in [0.2, 0.25) is 0 Å². The van der Waals surface area contributed by atoms with Gasteiger partial charge in [0.15, 0.2) is 28.8 Å². The monoisotopic (exact) mass is 537 g/mol. The molecule has 2 aliphatic rings. The quantitative estimate of drug-likeness (QED) is 0.458. The molecule has 1 aliphatic carbocycles. The van der Waals surface area contributed by atoms with E-state index in [1.165, 1.54) is 28.4 Å². The van der Waals surface area contributed by atoms with Gasteiger partial charge in [-0.15, -0.1) is 0 Å². The lowest BCUT2D eigenvalue weighted by Crippen LogP contribution is -2.36. The number of ether oxygens (including phenoxy) is 6. The zero-order valence-electron chi connectivity index (χ0n) is 23.4. The number of ketones is 1. The van der Waals surface area contributed by atoms with Gasteiger partial charge in [-0.25, -0.2) is 4.79 Å². The van der Waals surface area contributed by atoms with Crippen LogP contribution in [0.3, 0.4) is 0 Å². The Morgan fingerprint density at radius 2 is 1.51 bits per heavy atom. The van der Waals surface area contributed by atoms with Gasteiger partial charge in [0.1, 0.15) is 0 Å². The first-order valence-electron chi connectivity index (χ1n) is 12.7. The third kappa shape index (κ3) is 5.13. The van der Waals surface area contributed by atoms with Gasteiger partial charge in [0.2, 0.25) is 5.75 Å². The SMILES string of the molecule is CCOc1ccc([C@@H]2CC(=O)C3=C(C2)NC(C)=C(C(=O)OC)[C@@H]3c2cc(OC)c(OC)c(OC)c2)cc1OC. The van der Waals surface area contributed by atoms with Crippen LogP contribution in [-0.2, 0) is 14.3 Å². The molecule has 0 unspecified atom stereocenters. The number of rotatable bonds is 9. The van der Waals surface area contributed by atoms with Gasteiger partial charge >= 0.3 is 5.97 Å². The molecular weight excluding hydrogens is 502 g/mol. The van der Waals surface area contributed by atoms with E-state index in [1.54, 1.807) is 19.2 Å². The van der Waals surface area contributed by atoms with Gasteiger partial charge in [0.25, 0.3) is 0 Å². The molecule has 0 saturated heterocycles. The minimum atomic E-state index is -0.675. The molecule has 0 saturated carbocycles. The summed E-state index contributed by atoms with van der Waals surface area (Å²) in [5.74, 6) is 1.22. The Bertz CT molecular complexity index is 1320. The van der Waals surface area contributed by atoms with E-state index in [0.29, 0.717) is 64.2 Å². The van der Waals surface area contributed by atoms with E-state index in [4.69, 9.17) is 28.4 Å². The van der Waals surface area contributed by atoms with Crippen molar-refractivity contribution in [2.75, 3.05) is 42.2 Å². The molecule has 0 radical (unpaired) electrons. The number of esters is 1. The minimum absolute atomic E-state index is 0.0609. The number of benzene rings is 2. The molecule has 9 heteroatoms. The molecule has 39 heavy (non-hydrogen) atoms. The lowest BCUT2D eigenvalue weighted by Gasteiger charge is -2.37. The second-order valence-electron chi connectivity index (χ2n) is 9.31. The van der Waals surface area contributed by atoms with Crippen LogP contribution < -0.4 is 29.0 Å². The number of carbonyl (C=O) groups is 2. The number of methoxy groups -OCH3 is 5. The van der Waals surface area contributed by atoms with Crippen LogP contribution in [0.1, 0.15) is 49.7 Å². The first-order chi connectivity index (χ1) is 18.8. The Kier molecular flexibility index (Phi) is 8.38. The van der Waals surface area contributed by atoms with E-state index in [1.807, 2.05) is 32.0 Å². The van der Waals surface area contributed by atoms with Gasteiger partial charge in [-0.05, 0) is 61.6 Å². The van der Waals surface area contributed by atoms with Crippen molar-refractivity contribution in [1.29, 1.82) is 0 Å². The maximum atomic E-state index is 13.9. The Morgan fingerprint density at radius 3 is 2.08 bits per heavy atom. The molecule has 0 aromatic heterocycles. The highest BCUT2D eigenvalue weighted by Gasteiger charge is 2.42. The predicted octanol–water partition coefficient (Wildman–Crippen LogP) is 4.65. The second-order valence-corrected chi connectivity index (χ2v) is 9.31. The number of hydrogen-bond donors (Lipinski definition) is 1. The molecule has 1 N–H and O–H groups in total. The van der Waals surface area contributed by atoms with Crippen molar-refractivity contribution >= 4 is 11.8 Å². The smallest absolute Gasteiger partial charge is 0.336 e. The van der Waals surface area contributed by atoms with Crippen molar-refractivity contribution in [2.24, 2.45) is 0 Å². The average Bonchev–Trinajstić information content (AvgIpc) is 2.95. The highest BCUT2D eigenvalue weighted by Crippen LogP contribution is 2.49. The second kappa shape index (κ2) is 11.7. The van der Waals surface area contributed by atoms with Gasteiger partial charge < -0.3 is 33.7 Å². The van der Waals surface area contributed by atoms with Crippen molar-refractivity contribution < 1.29 is 38.0 Å². The maximum absolute atomic E-state index is 13.9. The molecule has 2 atom stereocenters. The molecule has 0 spiro atoms. The lowest BCUT2D eigenvalue weighted by molar-refractivity contribution is -0.136. The highest BCUT2D eigenvalue weighted by atomic mass is 16.5. The molecule has 2 aromatic carbocycles. The molecule has 1 aliphatic heterocycles. The van der Waals surface area contributed by atoms with E-state index in [2.05, 4.69) is 5.32 Å². The molecule has 0 fully saturated rings. The van der Waals surface area contributed by atoms with Crippen LogP contribution in [0.15, 0.2) is 52.9 Å². The molecule has 4 rings (SSSR count). The summed E-state index contributed by atoms with van der Waals surface area (Å²) in [6, 6.07) is 9.32. The van der Waals surface area contributed by atoms with Crippen LogP contribution in [0.25, 0.3) is 0 Å². The molecule has 2 aromatic rings. The van der Waals surface area contributed by atoms with Crippen LogP contribution in [-0.4, -0.2) is 53.9 Å². The van der Waals surface area contributed by atoms with Crippen LogP contribution in [0.5, 0.6) is 28.7 Å². The first kappa shape index (κ1) is 27.9. The molecule has 0 bridgehead atoms. The largest absolute Gasteiger partial charge is 0.493 e. The number of allylic oxidation sites excluding steroid dienone is 3. The third-order valence-corrected chi connectivity index (χ3v) is 7.21. The fraction of sp³-hybridized carbons (Fsp3) is 0.400. The Balaban J connectivity index is 1.83. The van der Waals surface area contributed by atoms with E-state index in [-0.39, 0.29) is 18.1 Å². The van der Waals surface area contributed by atoms with Crippen molar-refractivity contribution in [3.8, 4) is 28.7 Å². The Hall–Kier alpha value is -4.14. The molecule has 0 amide bonds. The van der Waals surface area contributed by atoms with E-state index in [9.17, 15) is 9.59 Å². The summed E-state index contributed by atoms with van der Waals surface area (Å²) in [6.45, 7) is 4.25. The summed E-state index contributed by atoms with van der Waals surface area (Å²) in [7, 11) is 7.50. The van der Waals surface area contributed by atoms with E-state index >= 15 is 0 Å². The summed E-state index contributed by atoms with van der Waals surface area (Å²) in [5.41, 5.74) is 3.92. The van der Waals surface area contributed by atoms with Crippen molar-refractivity contribution in [3.05, 3.63) is 64.0 Å². The summed E-state index contributed by atoms with van der Waals surface area (Å²) in [6.07, 6.45) is 0.844. The van der Waals surface area contributed by atoms with E-state index in [0.717, 1.165) is 11.3 Å². The van der Waals surface area contributed by atoms with Crippen LogP contribution in [0, 0.1) is 0 Å². The number of dihydropyridines is 1. The number of nitrogens with one attached hydrogen (secondary N) is 1. The normalized spacial score (nSPS) is 18.7. The zero-order valence-corrected chi connectivity index (χ0v) is 23.4. The summed E-state index contributed by atoms with van der Waals surface area (Å²) in [4.78, 5) is 26.9. The van der Waals surface area contributed by atoms with Gasteiger partial charge in [-0.1, -0.05) is 6.07 Å². The summed E-state index contributed by atoms with van der Waals surface area (Å²) >= 11 is 0. The number of carbonyl (C=O) groups excluding carboxylic acids is 2. The van der Waals surface area contributed by atoms with Crippen molar-refractivity contribution in [3.63, 3.8) is 0 Å². The Labute approximate surface area is 228 Å². The van der Waals surface area contributed by atoms with Gasteiger partial charge in [0.05, 0.1) is 47.7 Å². The summed E-state index contributed by atoms with van der Waals surface area (Å²) in [5, 5.41) is 3.35. The van der Waals surface area contributed by atoms with E-state index < -0.39 is 11.9 Å². The molecule has 9 nitrogen and oxygen atoms in total. The molecule has 1 heterocycles. The van der Waals surface area contributed by atoms with Gasteiger partial charge in [-0.3, -0.25) is 4.79 Å². The van der Waals surface area contributed by atoms with Crippen molar-refractivity contribution in [1.82, 2.24) is 5.32 Å². The van der Waals surface area contributed by atoms with Gasteiger partial charge in [-0.2, -0.15) is 0 Å². The predicted molar refractivity (Wildman–Crippen MR) is 145 cm³/mol. The number of Topliss-reactive ketones (excluding diaryl/α,β-unsaturated/α-hetero) is 1. The summed E-state index contributed by atoms with van der Waals surface area (Å²) < 4.78 is 33.0. The molecular formula is C30H35NO8. The van der Waals surface area contributed by atoms with Crippen molar-refractivity contribution in [2.45, 2.75) is 38.5 Å². The number of hydrogen-bond acceptors (Lipinski definition) is 9. The zero-order chi connectivity index (χ0) is 28.3. The van der Waals surface area contributed by atoms with Gasteiger partial charge in [0, 0.05) is 29.3 Å². The van der Waals surface area contributed by atoms with Crippen LogP contribution >= 0.6 is 0 Å². The topological polar surface area (TPSA) is 102 Å².